The number of aryl methyl sites for hydroxylation is 1. The lowest BCUT2D eigenvalue weighted by Crippen LogP contribution is -2.17. The Labute approximate surface area is 128 Å². The van der Waals surface area contributed by atoms with Crippen molar-refractivity contribution in [1.82, 2.24) is 4.98 Å². The molecule has 1 aromatic heterocycles. The summed E-state index contributed by atoms with van der Waals surface area (Å²) in [5.41, 5.74) is 2.77. The number of benzene rings is 1. The van der Waals surface area contributed by atoms with Gasteiger partial charge in [-0.3, -0.25) is 4.79 Å². The van der Waals surface area contributed by atoms with Gasteiger partial charge in [0.25, 0.3) is 0 Å². The molecule has 5 nitrogen and oxygen atoms in total. The van der Waals surface area contributed by atoms with Crippen LogP contribution in [0.4, 0.5) is 11.4 Å². The summed E-state index contributed by atoms with van der Waals surface area (Å²) in [4.78, 5) is 15.9. The van der Waals surface area contributed by atoms with Crippen molar-refractivity contribution >= 4 is 28.6 Å². The third-order valence-electron chi connectivity index (χ3n) is 2.91. The van der Waals surface area contributed by atoms with Crippen LogP contribution in [0.25, 0.3) is 0 Å². The number of ether oxygens (including phenoxy) is 1. The Balaban J connectivity index is 1.94. The van der Waals surface area contributed by atoms with Crippen LogP contribution in [0.15, 0.2) is 29.6 Å². The van der Waals surface area contributed by atoms with Crippen LogP contribution in [0.3, 0.4) is 0 Å². The van der Waals surface area contributed by atoms with Gasteiger partial charge in [-0.2, -0.15) is 0 Å². The van der Waals surface area contributed by atoms with Crippen LogP contribution in [-0.4, -0.2) is 24.6 Å². The van der Waals surface area contributed by atoms with Gasteiger partial charge < -0.3 is 15.4 Å². The van der Waals surface area contributed by atoms with E-state index >= 15 is 0 Å². The highest BCUT2D eigenvalue weighted by Gasteiger charge is 2.08. The number of aromatic nitrogens is 1. The second kappa shape index (κ2) is 7.19. The molecule has 0 saturated heterocycles. The average molecular weight is 305 g/mol. The molecule has 0 bridgehead atoms. The van der Waals surface area contributed by atoms with Gasteiger partial charge in [-0.1, -0.05) is 0 Å². The molecule has 0 aliphatic heterocycles. The van der Waals surface area contributed by atoms with Crippen LogP contribution >= 0.6 is 11.3 Å². The summed E-state index contributed by atoms with van der Waals surface area (Å²) < 4.78 is 4.77. The minimum absolute atomic E-state index is 0.0558. The number of carbonyl (C=O) groups is 1. The summed E-state index contributed by atoms with van der Waals surface area (Å²) in [5.74, 6) is -0.162. The molecule has 1 amide bonds. The fourth-order valence-electron chi connectivity index (χ4n) is 1.88. The number of carbonyl (C=O) groups excluding carboxylic acids is 1. The fourth-order valence-corrected chi connectivity index (χ4v) is 2.59. The summed E-state index contributed by atoms with van der Waals surface area (Å²) in [6.45, 7) is 4.13. The molecule has 0 saturated carbocycles. The maximum absolute atomic E-state index is 11.4. The quantitative estimate of drug-likeness (QED) is 0.860. The first-order valence-corrected chi connectivity index (χ1v) is 7.54. The molecule has 0 spiro atoms. The molecular formula is C15H19N3O2S. The van der Waals surface area contributed by atoms with Crippen molar-refractivity contribution in [3.8, 4) is 0 Å². The normalized spacial score (nSPS) is 12.0. The van der Waals surface area contributed by atoms with Gasteiger partial charge in [0.05, 0.1) is 16.7 Å². The van der Waals surface area contributed by atoms with Crippen LogP contribution in [0.2, 0.25) is 0 Å². The second-order valence-corrected chi connectivity index (χ2v) is 5.78. The molecule has 112 valence electrons. The Morgan fingerprint density at radius 3 is 2.57 bits per heavy atom. The molecule has 6 heteroatoms. The molecule has 1 heterocycles. The molecule has 0 aliphatic rings. The summed E-state index contributed by atoms with van der Waals surface area (Å²) in [6.07, 6.45) is 0. The average Bonchev–Trinajstić information content (AvgIpc) is 2.88. The van der Waals surface area contributed by atoms with Gasteiger partial charge in [-0.25, -0.2) is 4.98 Å². The number of nitrogens with one attached hydrogen (secondary N) is 2. The Morgan fingerprint density at radius 1 is 1.33 bits per heavy atom. The van der Waals surface area contributed by atoms with Crippen molar-refractivity contribution in [3.63, 3.8) is 0 Å². The lowest BCUT2D eigenvalue weighted by molar-refractivity contribution is -0.119. The fraction of sp³-hybridized carbons (Fsp3) is 0.333. The number of rotatable bonds is 6. The first kappa shape index (κ1) is 15.5. The van der Waals surface area contributed by atoms with E-state index < -0.39 is 0 Å². The molecule has 0 fully saturated rings. The van der Waals surface area contributed by atoms with Crippen LogP contribution < -0.4 is 10.6 Å². The largest absolute Gasteiger partial charge is 0.377 e. The second-order valence-electron chi connectivity index (χ2n) is 4.72. The number of anilines is 2. The molecule has 0 aliphatic carbocycles. The summed E-state index contributed by atoms with van der Waals surface area (Å²) >= 11 is 1.65. The van der Waals surface area contributed by atoms with Gasteiger partial charge in [-0.05, 0) is 38.1 Å². The minimum atomic E-state index is -0.162. The SMILES string of the molecule is COCC(=O)Nc1ccc(NC(C)c2csc(C)n2)cc1. The Morgan fingerprint density at radius 2 is 2.00 bits per heavy atom. The number of hydrogen-bond acceptors (Lipinski definition) is 5. The molecular weight excluding hydrogens is 286 g/mol. The Hall–Kier alpha value is -1.92. The van der Waals surface area contributed by atoms with Crippen molar-refractivity contribution in [3.05, 3.63) is 40.3 Å². The van der Waals surface area contributed by atoms with Gasteiger partial charge >= 0.3 is 0 Å². The predicted octanol–water partition coefficient (Wildman–Crippen LogP) is 3.21. The van der Waals surface area contributed by atoms with Crippen LogP contribution in [0.5, 0.6) is 0 Å². The van der Waals surface area contributed by atoms with Gasteiger partial charge in [0, 0.05) is 23.9 Å². The van der Waals surface area contributed by atoms with E-state index in [0.717, 1.165) is 22.1 Å². The lowest BCUT2D eigenvalue weighted by atomic mass is 10.2. The molecule has 21 heavy (non-hydrogen) atoms. The summed E-state index contributed by atoms with van der Waals surface area (Å²) in [5, 5.41) is 9.27. The number of amides is 1. The van der Waals surface area contributed by atoms with E-state index in [-0.39, 0.29) is 18.6 Å². The molecule has 1 unspecified atom stereocenters. The maximum atomic E-state index is 11.4. The van der Waals surface area contributed by atoms with E-state index in [2.05, 4.69) is 27.9 Å². The van der Waals surface area contributed by atoms with Crippen LogP contribution in [0.1, 0.15) is 23.7 Å². The minimum Gasteiger partial charge on any atom is -0.377 e. The third-order valence-corrected chi connectivity index (χ3v) is 3.70. The van der Waals surface area contributed by atoms with Crippen LogP contribution in [0, 0.1) is 6.92 Å². The van der Waals surface area contributed by atoms with Crippen molar-refractivity contribution in [2.75, 3.05) is 24.4 Å². The highest BCUT2D eigenvalue weighted by Crippen LogP contribution is 2.22. The Bertz CT molecular complexity index is 595. The molecule has 1 aromatic carbocycles. The van der Waals surface area contributed by atoms with E-state index in [1.54, 1.807) is 11.3 Å². The smallest absolute Gasteiger partial charge is 0.250 e. The zero-order valence-electron chi connectivity index (χ0n) is 12.3. The standard InChI is InChI=1S/C15H19N3O2S/c1-10(14-9-21-11(2)17-14)16-12-4-6-13(7-5-12)18-15(19)8-20-3/h4-7,9-10,16H,8H2,1-3H3,(H,18,19). The first-order chi connectivity index (χ1) is 10.1. The monoisotopic (exact) mass is 305 g/mol. The zero-order chi connectivity index (χ0) is 15.2. The molecule has 2 rings (SSSR count). The number of nitrogens with zero attached hydrogens (tertiary/aromatic N) is 1. The van der Waals surface area contributed by atoms with Gasteiger partial charge in [0.2, 0.25) is 5.91 Å². The maximum Gasteiger partial charge on any atom is 0.250 e. The topological polar surface area (TPSA) is 63.2 Å². The molecule has 2 N–H and O–H groups in total. The highest BCUT2D eigenvalue weighted by molar-refractivity contribution is 7.09. The van der Waals surface area contributed by atoms with Crippen molar-refractivity contribution in [2.45, 2.75) is 19.9 Å². The van der Waals surface area contributed by atoms with Gasteiger partial charge in [0.15, 0.2) is 0 Å². The predicted molar refractivity (Wildman–Crippen MR) is 85.8 cm³/mol. The lowest BCUT2D eigenvalue weighted by Gasteiger charge is -2.13. The van der Waals surface area contributed by atoms with E-state index in [4.69, 9.17) is 4.74 Å². The van der Waals surface area contributed by atoms with Crippen molar-refractivity contribution < 1.29 is 9.53 Å². The number of methoxy groups -OCH3 is 1. The van der Waals surface area contributed by atoms with E-state index in [1.165, 1.54) is 7.11 Å². The summed E-state index contributed by atoms with van der Waals surface area (Å²) in [7, 11) is 1.49. The van der Waals surface area contributed by atoms with E-state index in [9.17, 15) is 4.79 Å². The molecule has 1 atom stereocenters. The number of thiazole rings is 1. The highest BCUT2D eigenvalue weighted by atomic mass is 32.1. The van der Waals surface area contributed by atoms with Crippen molar-refractivity contribution in [2.24, 2.45) is 0 Å². The Kier molecular flexibility index (Phi) is 5.30. The van der Waals surface area contributed by atoms with E-state index in [1.807, 2.05) is 31.2 Å². The van der Waals surface area contributed by atoms with Crippen molar-refractivity contribution in [1.29, 1.82) is 0 Å². The summed E-state index contributed by atoms with van der Waals surface area (Å²) in [6, 6.07) is 7.71. The zero-order valence-corrected chi connectivity index (χ0v) is 13.2. The molecule has 2 aromatic rings. The van der Waals surface area contributed by atoms with Gasteiger partial charge in [0.1, 0.15) is 6.61 Å². The van der Waals surface area contributed by atoms with Gasteiger partial charge in [-0.15, -0.1) is 11.3 Å². The molecule has 0 radical (unpaired) electrons. The van der Waals surface area contributed by atoms with Crippen LogP contribution in [-0.2, 0) is 9.53 Å². The van der Waals surface area contributed by atoms with E-state index in [0.29, 0.717) is 0 Å². The third kappa shape index (κ3) is 4.54. The first-order valence-electron chi connectivity index (χ1n) is 6.66. The number of hydrogen-bond donors (Lipinski definition) is 2.